The minimum atomic E-state index is 0.148. The Labute approximate surface area is 149 Å². The number of fused-ring (bicyclic) bond motifs is 3. The van der Waals surface area contributed by atoms with E-state index in [2.05, 4.69) is 53.4 Å². The van der Waals surface area contributed by atoms with Gasteiger partial charge >= 0.3 is 6.03 Å². The average Bonchev–Trinajstić information content (AvgIpc) is 3.01. The number of benzene rings is 2. The van der Waals surface area contributed by atoms with Gasteiger partial charge in [0.15, 0.2) is 0 Å². The fourth-order valence-electron chi connectivity index (χ4n) is 4.07. The van der Waals surface area contributed by atoms with Crippen LogP contribution in [0.2, 0.25) is 0 Å². The summed E-state index contributed by atoms with van der Waals surface area (Å²) in [6.07, 6.45) is 0. The number of amides is 2. The summed E-state index contributed by atoms with van der Waals surface area (Å²) in [6, 6.07) is 17.9. The van der Waals surface area contributed by atoms with E-state index in [9.17, 15) is 4.79 Å². The molecule has 1 fully saturated rings. The maximum atomic E-state index is 12.4. The summed E-state index contributed by atoms with van der Waals surface area (Å²) in [4.78, 5) is 18.7. The number of nitrogens with zero attached hydrogens (tertiary/aromatic N) is 3. The maximum absolute atomic E-state index is 12.4. The Morgan fingerprint density at radius 2 is 1.48 bits per heavy atom. The van der Waals surface area contributed by atoms with Crippen molar-refractivity contribution in [1.82, 2.24) is 14.7 Å². The van der Waals surface area contributed by atoms with Gasteiger partial charge in [0.05, 0.1) is 6.04 Å². The van der Waals surface area contributed by atoms with Gasteiger partial charge in [-0.05, 0) is 29.2 Å². The van der Waals surface area contributed by atoms with Gasteiger partial charge in [-0.25, -0.2) is 4.79 Å². The molecular weight excluding hydrogens is 310 g/mol. The SMILES string of the molecule is CCN(C)C(=O)N1CCN(C2c3ccccc3-c3ccccc32)CC1. The molecule has 0 atom stereocenters. The molecule has 0 aromatic heterocycles. The van der Waals surface area contributed by atoms with Crippen molar-refractivity contribution in [1.29, 1.82) is 0 Å². The lowest BCUT2D eigenvalue weighted by Gasteiger charge is -2.39. The van der Waals surface area contributed by atoms with Crippen LogP contribution in [0.4, 0.5) is 4.79 Å². The van der Waals surface area contributed by atoms with Crippen molar-refractivity contribution < 1.29 is 4.79 Å². The molecule has 4 heteroatoms. The molecule has 4 rings (SSSR count). The van der Waals surface area contributed by atoms with Crippen LogP contribution in [-0.2, 0) is 0 Å². The third kappa shape index (κ3) is 2.71. The fraction of sp³-hybridized carbons (Fsp3) is 0.381. The standard InChI is InChI=1S/C21H25N3O/c1-3-22(2)21(25)24-14-12-23(13-15-24)20-18-10-6-4-8-16(18)17-9-5-7-11-19(17)20/h4-11,20H,3,12-15H2,1-2H3. The van der Waals surface area contributed by atoms with Gasteiger partial charge in [0.2, 0.25) is 0 Å². The van der Waals surface area contributed by atoms with Gasteiger partial charge in [-0.15, -0.1) is 0 Å². The van der Waals surface area contributed by atoms with Crippen molar-refractivity contribution in [2.45, 2.75) is 13.0 Å². The number of carbonyl (C=O) groups is 1. The normalized spacial score (nSPS) is 17.3. The molecule has 0 bridgehead atoms. The molecular formula is C21H25N3O. The second-order valence-electron chi connectivity index (χ2n) is 6.90. The number of carbonyl (C=O) groups excluding carboxylic acids is 1. The summed E-state index contributed by atoms with van der Waals surface area (Å²) in [7, 11) is 1.87. The Kier molecular flexibility index (Phi) is 4.22. The van der Waals surface area contributed by atoms with E-state index < -0.39 is 0 Å². The molecule has 0 saturated carbocycles. The predicted octanol–water partition coefficient (Wildman–Crippen LogP) is 3.45. The zero-order valence-corrected chi connectivity index (χ0v) is 15.0. The van der Waals surface area contributed by atoms with Crippen molar-refractivity contribution in [3.63, 3.8) is 0 Å². The number of hydrogen-bond donors (Lipinski definition) is 0. The van der Waals surface area contributed by atoms with Crippen LogP contribution in [0, 0.1) is 0 Å². The molecule has 4 nitrogen and oxygen atoms in total. The van der Waals surface area contributed by atoms with Crippen molar-refractivity contribution in [3.8, 4) is 11.1 Å². The largest absolute Gasteiger partial charge is 0.328 e. The first-order valence-electron chi connectivity index (χ1n) is 9.13. The molecule has 2 aliphatic rings. The fourth-order valence-corrected chi connectivity index (χ4v) is 4.07. The second kappa shape index (κ2) is 6.52. The van der Waals surface area contributed by atoms with Gasteiger partial charge < -0.3 is 9.80 Å². The number of piperazine rings is 1. The zero-order chi connectivity index (χ0) is 17.4. The van der Waals surface area contributed by atoms with E-state index in [1.807, 2.05) is 18.9 Å². The van der Waals surface area contributed by atoms with Crippen molar-refractivity contribution >= 4 is 6.03 Å². The molecule has 0 radical (unpaired) electrons. The molecule has 130 valence electrons. The van der Waals surface area contributed by atoms with E-state index >= 15 is 0 Å². The number of hydrogen-bond acceptors (Lipinski definition) is 2. The summed E-state index contributed by atoms with van der Waals surface area (Å²) >= 11 is 0. The molecule has 1 heterocycles. The molecule has 1 aliphatic heterocycles. The summed E-state index contributed by atoms with van der Waals surface area (Å²) in [5, 5.41) is 0. The van der Waals surface area contributed by atoms with Crippen LogP contribution in [0.3, 0.4) is 0 Å². The van der Waals surface area contributed by atoms with Gasteiger partial charge in [0, 0.05) is 39.8 Å². The van der Waals surface area contributed by atoms with E-state index in [1.165, 1.54) is 22.3 Å². The smallest absolute Gasteiger partial charge is 0.319 e. The maximum Gasteiger partial charge on any atom is 0.319 e. The van der Waals surface area contributed by atoms with Gasteiger partial charge in [-0.1, -0.05) is 48.5 Å². The third-order valence-corrected chi connectivity index (χ3v) is 5.55. The Bertz CT molecular complexity index is 735. The molecule has 0 unspecified atom stereocenters. The summed E-state index contributed by atoms with van der Waals surface area (Å²) in [5.41, 5.74) is 5.50. The van der Waals surface area contributed by atoms with Crippen LogP contribution in [0.5, 0.6) is 0 Å². The summed E-state index contributed by atoms with van der Waals surface area (Å²) in [5.74, 6) is 0. The quantitative estimate of drug-likeness (QED) is 0.840. The molecule has 1 saturated heterocycles. The first kappa shape index (κ1) is 16.2. The first-order valence-corrected chi connectivity index (χ1v) is 9.13. The molecule has 0 N–H and O–H groups in total. The number of rotatable bonds is 2. The lowest BCUT2D eigenvalue weighted by Crippen LogP contribution is -2.52. The molecule has 2 aromatic rings. The van der Waals surface area contributed by atoms with Crippen LogP contribution < -0.4 is 0 Å². The molecule has 25 heavy (non-hydrogen) atoms. The second-order valence-corrected chi connectivity index (χ2v) is 6.90. The molecule has 2 amide bonds. The minimum Gasteiger partial charge on any atom is -0.328 e. The van der Waals surface area contributed by atoms with Crippen molar-refractivity contribution in [2.24, 2.45) is 0 Å². The number of urea groups is 1. The minimum absolute atomic E-state index is 0.148. The zero-order valence-electron chi connectivity index (χ0n) is 15.0. The lowest BCUT2D eigenvalue weighted by molar-refractivity contribution is 0.106. The van der Waals surface area contributed by atoms with Gasteiger partial charge in [0.25, 0.3) is 0 Å². The van der Waals surface area contributed by atoms with Crippen molar-refractivity contribution in [3.05, 3.63) is 59.7 Å². The highest BCUT2D eigenvalue weighted by atomic mass is 16.2. The van der Waals surface area contributed by atoms with Crippen molar-refractivity contribution in [2.75, 3.05) is 39.8 Å². The monoisotopic (exact) mass is 335 g/mol. The van der Waals surface area contributed by atoms with Crippen LogP contribution >= 0.6 is 0 Å². The summed E-state index contributed by atoms with van der Waals surface area (Å²) in [6.45, 7) is 6.18. The lowest BCUT2D eigenvalue weighted by atomic mass is 10.0. The Balaban J connectivity index is 1.57. The highest BCUT2D eigenvalue weighted by molar-refractivity contribution is 5.78. The Morgan fingerprint density at radius 3 is 2.00 bits per heavy atom. The molecule has 0 spiro atoms. The van der Waals surface area contributed by atoms with Crippen LogP contribution in [0.25, 0.3) is 11.1 Å². The third-order valence-electron chi connectivity index (χ3n) is 5.55. The van der Waals surface area contributed by atoms with Gasteiger partial charge in [-0.2, -0.15) is 0 Å². The Hall–Kier alpha value is -2.33. The van der Waals surface area contributed by atoms with E-state index in [-0.39, 0.29) is 6.03 Å². The van der Waals surface area contributed by atoms with Crippen LogP contribution in [0.1, 0.15) is 24.1 Å². The average molecular weight is 335 g/mol. The molecule has 1 aliphatic carbocycles. The van der Waals surface area contributed by atoms with E-state index in [0.717, 1.165) is 32.7 Å². The van der Waals surface area contributed by atoms with Crippen LogP contribution in [0.15, 0.2) is 48.5 Å². The highest BCUT2D eigenvalue weighted by Crippen LogP contribution is 2.46. The Morgan fingerprint density at radius 1 is 0.960 bits per heavy atom. The highest BCUT2D eigenvalue weighted by Gasteiger charge is 2.35. The van der Waals surface area contributed by atoms with E-state index in [0.29, 0.717) is 6.04 Å². The topological polar surface area (TPSA) is 26.8 Å². The predicted molar refractivity (Wildman–Crippen MR) is 101 cm³/mol. The van der Waals surface area contributed by atoms with E-state index in [1.54, 1.807) is 4.90 Å². The van der Waals surface area contributed by atoms with Crippen LogP contribution in [-0.4, -0.2) is 60.5 Å². The van der Waals surface area contributed by atoms with Gasteiger partial charge in [-0.3, -0.25) is 4.90 Å². The summed E-state index contributed by atoms with van der Waals surface area (Å²) < 4.78 is 0. The first-order chi connectivity index (χ1) is 12.2. The van der Waals surface area contributed by atoms with E-state index in [4.69, 9.17) is 0 Å². The van der Waals surface area contributed by atoms with Gasteiger partial charge in [0.1, 0.15) is 0 Å². The molecule has 2 aromatic carbocycles.